The highest BCUT2D eigenvalue weighted by molar-refractivity contribution is 9.11. The van der Waals surface area contributed by atoms with Crippen molar-refractivity contribution in [2.75, 3.05) is 6.54 Å². The van der Waals surface area contributed by atoms with Gasteiger partial charge in [-0.05, 0) is 41.8 Å². The van der Waals surface area contributed by atoms with Gasteiger partial charge in [0.15, 0.2) is 0 Å². The molecule has 0 spiro atoms. The molecule has 2 nitrogen and oxygen atoms in total. The SMILES string of the molecule is CC1CCCCCN1C(=O)c1csc(Br)c1. The Bertz CT molecular complexity index is 377. The Labute approximate surface area is 109 Å². The first kappa shape index (κ1) is 12.1. The molecule has 1 aromatic heterocycles. The molecule has 0 N–H and O–H groups in total. The van der Waals surface area contributed by atoms with E-state index in [1.807, 2.05) is 16.3 Å². The van der Waals surface area contributed by atoms with Gasteiger partial charge in [0.1, 0.15) is 0 Å². The van der Waals surface area contributed by atoms with E-state index in [9.17, 15) is 4.79 Å². The van der Waals surface area contributed by atoms with Crippen molar-refractivity contribution in [3.8, 4) is 0 Å². The van der Waals surface area contributed by atoms with E-state index in [0.717, 1.165) is 28.7 Å². The third kappa shape index (κ3) is 2.66. The molecular weight excluding hydrogens is 286 g/mol. The van der Waals surface area contributed by atoms with Crippen molar-refractivity contribution in [2.24, 2.45) is 0 Å². The second-order valence-corrected chi connectivity index (χ2v) is 6.63. The van der Waals surface area contributed by atoms with Crippen LogP contribution in [-0.4, -0.2) is 23.4 Å². The molecule has 88 valence electrons. The summed E-state index contributed by atoms with van der Waals surface area (Å²) in [6.07, 6.45) is 4.78. The monoisotopic (exact) mass is 301 g/mol. The zero-order valence-corrected chi connectivity index (χ0v) is 11.8. The number of amides is 1. The zero-order valence-electron chi connectivity index (χ0n) is 9.41. The number of nitrogens with zero attached hydrogens (tertiary/aromatic N) is 1. The molecule has 1 atom stereocenters. The molecule has 1 fully saturated rings. The number of carbonyl (C=O) groups excluding carboxylic acids is 1. The Morgan fingerprint density at radius 2 is 2.31 bits per heavy atom. The molecule has 16 heavy (non-hydrogen) atoms. The molecule has 1 saturated heterocycles. The van der Waals surface area contributed by atoms with Gasteiger partial charge in [-0.3, -0.25) is 4.79 Å². The lowest BCUT2D eigenvalue weighted by Crippen LogP contribution is -2.38. The van der Waals surface area contributed by atoms with Crippen molar-refractivity contribution in [2.45, 2.75) is 38.6 Å². The average molecular weight is 302 g/mol. The summed E-state index contributed by atoms with van der Waals surface area (Å²) in [5.41, 5.74) is 0.825. The Balaban J connectivity index is 2.13. The summed E-state index contributed by atoms with van der Waals surface area (Å²) < 4.78 is 1.03. The van der Waals surface area contributed by atoms with Crippen LogP contribution in [0.25, 0.3) is 0 Å². The largest absolute Gasteiger partial charge is 0.336 e. The van der Waals surface area contributed by atoms with Gasteiger partial charge in [0.2, 0.25) is 0 Å². The van der Waals surface area contributed by atoms with Gasteiger partial charge in [-0.2, -0.15) is 0 Å². The van der Waals surface area contributed by atoms with Crippen LogP contribution in [0.2, 0.25) is 0 Å². The molecule has 0 aromatic carbocycles. The molecule has 0 radical (unpaired) electrons. The van der Waals surface area contributed by atoms with Gasteiger partial charge < -0.3 is 4.90 Å². The van der Waals surface area contributed by atoms with E-state index in [-0.39, 0.29) is 5.91 Å². The number of halogens is 1. The van der Waals surface area contributed by atoms with Crippen LogP contribution < -0.4 is 0 Å². The summed E-state index contributed by atoms with van der Waals surface area (Å²) in [6.45, 7) is 3.07. The summed E-state index contributed by atoms with van der Waals surface area (Å²) >= 11 is 4.98. The molecule has 4 heteroatoms. The van der Waals surface area contributed by atoms with Crippen molar-refractivity contribution in [3.05, 3.63) is 20.8 Å². The minimum atomic E-state index is 0.191. The molecule has 1 aromatic rings. The van der Waals surface area contributed by atoms with Gasteiger partial charge in [0.05, 0.1) is 9.35 Å². The van der Waals surface area contributed by atoms with Crippen LogP contribution in [0, 0.1) is 0 Å². The van der Waals surface area contributed by atoms with Crippen LogP contribution >= 0.6 is 27.3 Å². The number of thiophene rings is 1. The Hall–Kier alpha value is -0.350. The van der Waals surface area contributed by atoms with Gasteiger partial charge in [0, 0.05) is 18.0 Å². The topological polar surface area (TPSA) is 20.3 Å². The Morgan fingerprint density at radius 1 is 1.50 bits per heavy atom. The summed E-state index contributed by atoms with van der Waals surface area (Å²) in [6, 6.07) is 2.30. The fourth-order valence-corrected chi connectivity index (χ4v) is 3.30. The Kier molecular flexibility index (Phi) is 4.03. The first-order valence-corrected chi connectivity index (χ1v) is 7.41. The van der Waals surface area contributed by atoms with E-state index >= 15 is 0 Å². The number of likely N-dealkylation sites (tertiary alicyclic amines) is 1. The molecule has 1 unspecified atom stereocenters. The maximum Gasteiger partial charge on any atom is 0.254 e. The normalized spacial score (nSPS) is 21.9. The highest BCUT2D eigenvalue weighted by atomic mass is 79.9. The maximum atomic E-state index is 12.3. The fraction of sp³-hybridized carbons (Fsp3) is 0.583. The zero-order chi connectivity index (χ0) is 11.5. The van der Waals surface area contributed by atoms with E-state index in [2.05, 4.69) is 22.9 Å². The molecular formula is C12H16BrNOS. The van der Waals surface area contributed by atoms with Crippen molar-refractivity contribution >= 4 is 33.2 Å². The lowest BCUT2D eigenvalue weighted by atomic mass is 10.1. The predicted octanol–water partition coefficient (Wildman–Crippen LogP) is 3.92. The first-order chi connectivity index (χ1) is 7.68. The van der Waals surface area contributed by atoms with E-state index in [1.54, 1.807) is 11.3 Å². The van der Waals surface area contributed by atoms with Crippen LogP contribution in [0.15, 0.2) is 15.2 Å². The quantitative estimate of drug-likeness (QED) is 0.770. The van der Waals surface area contributed by atoms with Gasteiger partial charge in [-0.15, -0.1) is 11.3 Å². The minimum absolute atomic E-state index is 0.191. The molecule has 1 aliphatic rings. The maximum absolute atomic E-state index is 12.3. The van der Waals surface area contributed by atoms with Gasteiger partial charge in [0.25, 0.3) is 5.91 Å². The molecule has 1 aliphatic heterocycles. The lowest BCUT2D eigenvalue weighted by Gasteiger charge is -2.26. The molecule has 2 rings (SSSR count). The van der Waals surface area contributed by atoms with Crippen LogP contribution in [0.1, 0.15) is 43.0 Å². The molecule has 0 aliphatic carbocycles. The molecule has 0 bridgehead atoms. The number of hydrogen-bond donors (Lipinski definition) is 0. The lowest BCUT2D eigenvalue weighted by molar-refractivity contribution is 0.0698. The summed E-state index contributed by atoms with van der Waals surface area (Å²) in [5.74, 6) is 0.191. The average Bonchev–Trinajstić information content (AvgIpc) is 2.57. The second-order valence-electron chi connectivity index (χ2n) is 4.34. The standard InChI is InChI=1S/C12H16BrNOS/c1-9-5-3-2-4-6-14(9)12(15)10-7-11(13)16-8-10/h7-9H,2-6H2,1H3. The first-order valence-electron chi connectivity index (χ1n) is 5.73. The highest BCUT2D eigenvalue weighted by Gasteiger charge is 2.23. The van der Waals surface area contributed by atoms with Gasteiger partial charge >= 0.3 is 0 Å². The van der Waals surface area contributed by atoms with Crippen LogP contribution in [0.5, 0.6) is 0 Å². The predicted molar refractivity (Wildman–Crippen MR) is 71.0 cm³/mol. The highest BCUT2D eigenvalue weighted by Crippen LogP contribution is 2.24. The van der Waals surface area contributed by atoms with E-state index in [0.29, 0.717) is 6.04 Å². The van der Waals surface area contributed by atoms with Crippen molar-refractivity contribution < 1.29 is 4.79 Å². The van der Waals surface area contributed by atoms with Crippen LogP contribution in [-0.2, 0) is 0 Å². The minimum Gasteiger partial charge on any atom is -0.336 e. The van der Waals surface area contributed by atoms with Gasteiger partial charge in [-0.25, -0.2) is 0 Å². The van der Waals surface area contributed by atoms with Crippen LogP contribution in [0.3, 0.4) is 0 Å². The smallest absolute Gasteiger partial charge is 0.254 e. The third-order valence-corrected chi connectivity index (χ3v) is 4.63. The van der Waals surface area contributed by atoms with Crippen molar-refractivity contribution in [3.63, 3.8) is 0 Å². The molecule has 1 amide bonds. The molecule has 0 saturated carbocycles. The van der Waals surface area contributed by atoms with Crippen LogP contribution in [0.4, 0.5) is 0 Å². The molecule has 2 heterocycles. The fourth-order valence-electron chi connectivity index (χ4n) is 2.16. The van der Waals surface area contributed by atoms with Crippen molar-refractivity contribution in [1.82, 2.24) is 4.90 Å². The summed E-state index contributed by atoms with van der Waals surface area (Å²) in [4.78, 5) is 14.3. The van der Waals surface area contributed by atoms with E-state index in [1.165, 1.54) is 12.8 Å². The van der Waals surface area contributed by atoms with E-state index < -0.39 is 0 Å². The summed E-state index contributed by atoms with van der Waals surface area (Å²) in [5, 5.41) is 1.93. The van der Waals surface area contributed by atoms with E-state index in [4.69, 9.17) is 0 Å². The number of hydrogen-bond acceptors (Lipinski definition) is 2. The van der Waals surface area contributed by atoms with Crippen molar-refractivity contribution in [1.29, 1.82) is 0 Å². The number of rotatable bonds is 1. The Morgan fingerprint density at radius 3 is 3.00 bits per heavy atom. The second kappa shape index (κ2) is 5.32. The number of carbonyl (C=O) groups is 1. The van der Waals surface area contributed by atoms with Gasteiger partial charge in [-0.1, -0.05) is 12.8 Å². The summed E-state index contributed by atoms with van der Waals surface area (Å²) in [7, 11) is 0. The third-order valence-electron chi connectivity index (χ3n) is 3.13.